The summed E-state index contributed by atoms with van der Waals surface area (Å²) in [4.78, 5) is 10.8. The molecule has 1 aliphatic rings. The first kappa shape index (κ1) is 21.2. The topological polar surface area (TPSA) is 70.1 Å². The van der Waals surface area contributed by atoms with Crippen molar-refractivity contribution >= 4 is 5.97 Å². The summed E-state index contributed by atoms with van der Waals surface area (Å²) in [5.41, 5.74) is -0.770. The highest BCUT2D eigenvalue weighted by molar-refractivity contribution is 5.69. The molecule has 1 aliphatic heterocycles. The maximum atomic E-state index is 10.8. The predicted molar refractivity (Wildman–Crippen MR) is 97.1 cm³/mol. The quantitative estimate of drug-likeness (QED) is 0.273. The minimum Gasteiger partial charge on any atom is -0.481 e. The monoisotopic (exact) mass is 340 g/mol. The number of aliphatic carboxylic acids is 1. The summed E-state index contributed by atoms with van der Waals surface area (Å²) in [7, 11) is 0. The van der Waals surface area contributed by atoms with Crippen molar-refractivity contribution in [3.63, 3.8) is 0 Å². The molecule has 0 bridgehead atoms. The summed E-state index contributed by atoms with van der Waals surface area (Å²) in [5.74, 6) is -1.07. The van der Waals surface area contributed by atoms with Crippen LogP contribution in [0.4, 0.5) is 0 Å². The van der Waals surface area contributed by atoms with E-state index in [1.54, 1.807) is 6.92 Å². The van der Waals surface area contributed by atoms with E-state index in [-0.39, 0.29) is 18.1 Å². The Kier molecular flexibility index (Phi) is 9.60. The Labute approximate surface area is 147 Å². The van der Waals surface area contributed by atoms with E-state index < -0.39 is 11.6 Å². The number of aliphatic hydroxyl groups is 1. The van der Waals surface area contributed by atoms with Gasteiger partial charge in [-0.3, -0.25) is 4.79 Å². The van der Waals surface area contributed by atoms with Crippen LogP contribution in [-0.2, 0) is 9.53 Å². The zero-order chi connectivity index (χ0) is 18.0. The van der Waals surface area contributed by atoms with Crippen molar-refractivity contribution in [2.24, 2.45) is 5.92 Å². The summed E-state index contributed by atoms with van der Waals surface area (Å²) >= 11 is 0. The largest absolute Gasteiger partial charge is 0.481 e. The Balaban J connectivity index is 2.11. The molecule has 24 heavy (non-hydrogen) atoms. The van der Waals surface area contributed by atoms with Gasteiger partial charge in [0.05, 0.1) is 17.6 Å². The van der Waals surface area contributed by atoms with Gasteiger partial charge in [-0.25, -0.2) is 0 Å². The van der Waals surface area contributed by atoms with Crippen molar-refractivity contribution in [2.45, 2.75) is 103 Å². The van der Waals surface area contributed by atoms with Crippen molar-refractivity contribution in [3.05, 3.63) is 12.2 Å². The molecule has 0 aliphatic carbocycles. The van der Waals surface area contributed by atoms with Gasteiger partial charge < -0.3 is 14.9 Å². The molecule has 0 aromatic carbocycles. The van der Waals surface area contributed by atoms with Crippen LogP contribution in [0.2, 0.25) is 0 Å². The van der Waals surface area contributed by atoms with Crippen molar-refractivity contribution in [1.82, 2.24) is 0 Å². The maximum absolute atomic E-state index is 10.8. The van der Waals surface area contributed by atoms with Crippen LogP contribution in [0.1, 0.15) is 85.0 Å². The third-order valence-corrected chi connectivity index (χ3v) is 4.86. The smallest absolute Gasteiger partial charge is 0.306 e. The van der Waals surface area contributed by atoms with Crippen LogP contribution in [-0.4, -0.2) is 34.0 Å². The molecule has 4 heteroatoms. The minimum absolute atomic E-state index is 0.0477. The second-order valence-electron chi connectivity index (χ2n) is 7.54. The number of carboxylic acid groups (broad SMARTS) is 1. The number of ether oxygens (including phenoxy) is 1. The summed E-state index contributed by atoms with van der Waals surface area (Å²) in [6.45, 7) is 5.80. The highest BCUT2D eigenvalue weighted by Crippen LogP contribution is 2.30. The fraction of sp³-hybridized carbons (Fsp3) is 0.850. The van der Waals surface area contributed by atoms with Crippen molar-refractivity contribution in [1.29, 1.82) is 0 Å². The number of rotatable bonds is 14. The molecule has 1 rings (SSSR count). The van der Waals surface area contributed by atoms with Gasteiger partial charge in [0.25, 0.3) is 0 Å². The van der Waals surface area contributed by atoms with E-state index in [0.29, 0.717) is 6.42 Å². The first-order valence-electron chi connectivity index (χ1n) is 9.65. The van der Waals surface area contributed by atoms with E-state index in [2.05, 4.69) is 6.92 Å². The third-order valence-electron chi connectivity index (χ3n) is 4.86. The van der Waals surface area contributed by atoms with E-state index in [0.717, 1.165) is 19.3 Å². The fourth-order valence-electron chi connectivity index (χ4n) is 2.92. The number of hydrogen-bond acceptors (Lipinski definition) is 3. The van der Waals surface area contributed by atoms with Gasteiger partial charge >= 0.3 is 5.97 Å². The Bertz CT molecular complexity index is 389. The lowest BCUT2D eigenvalue weighted by molar-refractivity contribution is -0.141. The van der Waals surface area contributed by atoms with Gasteiger partial charge in [-0.2, -0.15) is 0 Å². The van der Waals surface area contributed by atoms with Crippen LogP contribution >= 0.6 is 0 Å². The zero-order valence-corrected chi connectivity index (χ0v) is 15.7. The molecule has 4 unspecified atom stereocenters. The summed E-state index contributed by atoms with van der Waals surface area (Å²) < 4.78 is 5.53. The summed E-state index contributed by atoms with van der Waals surface area (Å²) in [6, 6.07) is 0. The maximum Gasteiger partial charge on any atom is 0.306 e. The van der Waals surface area contributed by atoms with Gasteiger partial charge in [-0.05, 0) is 26.2 Å². The highest BCUT2D eigenvalue weighted by Gasteiger charge is 2.37. The van der Waals surface area contributed by atoms with E-state index >= 15 is 0 Å². The van der Waals surface area contributed by atoms with Crippen molar-refractivity contribution < 1.29 is 19.7 Å². The molecule has 2 N–H and O–H groups in total. The fourth-order valence-corrected chi connectivity index (χ4v) is 2.92. The normalized spacial score (nSPS) is 24.0. The van der Waals surface area contributed by atoms with Crippen molar-refractivity contribution in [2.75, 3.05) is 0 Å². The first-order chi connectivity index (χ1) is 11.4. The Hall–Kier alpha value is -0.870. The molecular formula is C20H36O4. The predicted octanol–water partition coefficient (Wildman–Crippen LogP) is 4.70. The second kappa shape index (κ2) is 10.9. The summed E-state index contributed by atoms with van der Waals surface area (Å²) in [5, 5.41) is 19.3. The highest BCUT2D eigenvalue weighted by atomic mass is 16.6. The van der Waals surface area contributed by atoms with E-state index in [1.807, 2.05) is 19.1 Å². The molecule has 0 aromatic heterocycles. The molecule has 0 radical (unpaired) electrons. The molecule has 0 aromatic rings. The number of carbonyl (C=O) groups is 1. The molecule has 0 spiro atoms. The molecule has 140 valence electrons. The SMILES string of the molecule is CCCCCCCCCC(C)(O)/C=C/C1OC1CCC(C)C(=O)O. The van der Waals surface area contributed by atoms with Crippen LogP contribution < -0.4 is 0 Å². The summed E-state index contributed by atoms with van der Waals surface area (Å²) in [6.07, 6.45) is 14.9. The standard InChI is InChI=1S/C20H36O4/c1-4-5-6-7-8-9-10-14-20(3,23)15-13-18-17(24-18)12-11-16(2)19(21)22/h13,15-18,23H,4-12,14H2,1-3H3,(H,21,22)/b15-13+. The van der Waals surface area contributed by atoms with Gasteiger partial charge in [-0.15, -0.1) is 0 Å². The van der Waals surface area contributed by atoms with Gasteiger partial charge in [0, 0.05) is 0 Å². The number of hydrogen-bond donors (Lipinski definition) is 2. The van der Waals surface area contributed by atoms with Crippen LogP contribution in [0.25, 0.3) is 0 Å². The minimum atomic E-state index is -0.770. The van der Waals surface area contributed by atoms with E-state index in [1.165, 1.54) is 38.5 Å². The zero-order valence-electron chi connectivity index (χ0n) is 15.7. The molecule has 1 fully saturated rings. The molecule has 4 atom stereocenters. The van der Waals surface area contributed by atoms with Gasteiger partial charge in [-0.1, -0.05) is 70.9 Å². The van der Waals surface area contributed by atoms with E-state index in [4.69, 9.17) is 9.84 Å². The Morgan fingerprint density at radius 2 is 1.83 bits per heavy atom. The average Bonchev–Trinajstić information content (AvgIpc) is 3.28. The van der Waals surface area contributed by atoms with Crippen LogP contribution in [0, 0.1) is 5.92 Å². The van der Waals surface area contributed by atoms with E-state index in [9.17, 15) is 9.90 Å². The number of epoxide rings is 1. The average molecular weight is 341 g/mol. The first-order valence-corrected chi connectivity index (χ1v) is 9.65. The molecule has 4 nitrogen and oxygen atoms in total. The van der Waals surface area contributed by atoms with Gasteiger partial charge in [0.15, 0.2) is 0 Å². The third kappa shape index (κ3) is 9.43. The van der Waals surface area contributed by atoms with Crippen molar-refractivity contribution in [3.8, 4) is 0 Å². The molecule has 1 heterocycles. The van der Waals surface area contributed by atoms with Crippen LogP contribution in [0.15, 0.2) is 12.2 Å². The number of carboxylic acids is 1. The molecule has 0 amide bonds. The van der Waals surface area contributed by atoms with Gasteiger partial charge in [0.2, 0.25) is 0 Å². The number of unbranched alkanes of at least 4 members (excludes halogenated alkanes) is 6. The second-order valence-corrected chi connectivity index (χ2v) is 7.54. The Morgan fingerprint density at radius 3 is 2.46 bits per heavy atom. The molecular weight excluding hydrogens is 304 g/mol. The lowest BCUT2D eigenvalue weighted by atomic mass is 9.96. The van der Waals surface area contributed by atoms with Crippen LogP contribution in [0.5, 0.6) is 0 Å². The Morgan fingerprint density at radius 1 is 1.21 bits per heavy atom. The lowest BCUT2D eigenvalue weighted by Crippen LogP contribution is -2.20. The van der Waals surface area contributed by atoms with Crippen LogP contribution in [0.3, 0.4) is 0 Å². The molecule has 0 saturated carbocycles. The van der Waals surface area contributed by atoms with Gasteiger partial charge in [0.1, 0.15) is 6.10 Å². The lowest BCUT2D eigenvalue weighted by Gasteiger charge is -2.18. The molecule has 1 saturated heterocycles.